The highest BCUT2D eigenvalue weighted by molar-refractivity contribution is 5.89. The van der Waals surface area contributed by atoms with Gasteiger partial charge in [-0.2, -0.15) is 0 Å². The maximum absolute atomic E-state index is 11.5. The normalized spacial score (nSPS) is 10.1. The molecule has 102 valence electrons. The molecular formula is C14H24N2O2. The third kappa shape index (κ3) is 6.13. The highest BCUT2D eigenvalue weighted by Crippen LogP contribution is 2.20. The fourth-order valence-electron chi connectivity index (χ4n) is 1.21. The number of nitrogens with two attached hydrogens (primary N) is 1. The molecule has 0 saturated heterocycles. The summed E-state index contributed by atoms with van der Waals surface area (Å²) in [4.78, 5) is 11.5. The van der Waals surface area contributed by atoms with Crippen molar-refractivity contribution in [2.45, 2.75) is 47.1 Å². The lowest BCUT2D eigenvalue weighted by atomic mass is 10.2. The molecule has 0 saturated carbocycles. The summed E-state index contributed by atoms with van der Waals surface area (Å²) in [5.74, 6) is 0. The lowest BCUT2D eigenvalue weighted by Gasteiger charge is -2.20. The number of anilines is 2. The van der Waals surface area contributed by atoms with Gasteiger partial charge in [-0.3, -0.25) is 5.32 Å². The molecule has 18 heavy (non-hydrogen) atoms. The fraction of sp³-hybridized carbons (Fsp3) is 0.500. The first kappa shape index (κ1) is 16.3. The van der Waals surface area contributed by atoms with E-state index in [-0.39, 0.29) is 0 Å². The number of nitrogens with one attached hydrogen (secondary N) is 1. The van der Waals surface area contributed by atoms with Gasteiger partial charge in [-0.1, -0.05) is 19.9 Å². The van der Waals surface area contributed by atoms with Crippen LogP contribution in [0.15, 0.2) is 18.2 Å². The lowest BCUT2D eigenvalue weighted by molar-refractivity contribution is 0.0636. The first-order valence-electron chi connectivity index (χ1n) is 6.14. The van der Waals surface area contributed by atoms with Gasteiger partial charge >= 0.3 is 6.09 Å². The molecular weight excluding hydrogens is 228 g/mol. The number of hydrogen-bond acceptors (Lipinski definition) is 3. The Hall–Kier alpha value is -1.71. The predicted molar refractivity (Wildman–Crippen MR) is 76.8 cm³/mol. The van der Waals surface area contributed by atoms with Gasteiger partial charge in [0.2, 0.25) is 0 Å². The van der Waals surface area contributed by atoms with E-state index >= 15 is 0 Å². The van der Waals surface area contributed by atoms with Crippen LogP contribution in [0.3, 0.4) is 0 Å². The average molecular weight is 252 g/mol. The maximum Gasteiger partial charge on any atom is 0.412 e. The molecule has 0 spiro atoms. The Morgan fingerprint density at radius 2 is 1.83 bits per heavy atom. The minimum Gasteiger partial charge on any atom is -0.444 e. The van der Waals surface area contributed by atoms with E-state index < -0.39 is 11.7 Å². The molecule has 3 N–H and O–H groups in total. The maximum atomic E-state index is 11.5. The van der Waals surface area contributed by atoms with Crippen molar-refractivity contribution in [3.8, 4) is 0 Å². The van der Waals surface area contributed by atoms with Crippen LogP contribution in [0.25, 0.3) is 0 Å². The Kier molecular flexibility index (Phi) is 6.23. The van der Waals surface area contributed by atoms with Gasteiger partial charge in [0.15, 0.2) is 0 Å². The Bertz CT molecular complexity index is 395. The number of hydrogen-bond donors (Lipinski definition) is 2. The van der Waals surface area contributed by atoms with E-state index in [1.807, 2.05) is 47.6 Å². The van der Waals surface area contributed by atoms with Crippen LogP contribution >= 0.6 is 0 Å². The number of amides is 1. The van der Waals surface area contributed by atoms with Crippen molar-refractivity contribution >= 4 is 17.5 Å². The van der Waals surface area contributed by atoms with Gasteiger partial charge < -0.3 is 10.5 Å². The summed E-state index contributed by atoms with van der Waals surface area (Å²) in [5, 5.41) is 2.61. The molecule has 0 radical (unpaired) electrons. The van der Waals surface area contributed by atoms with Gasteiger partial charge in [0.05, 0.1) is 11.4 Å². The van der Waals surface area contributed by atoms with Crippen LogP contribution < -0.4 is 11.1 Å². The Balaban J connectivity index is 0.00000137. The summed E-state index contributed by atoms with van der Waals surface area (Å²) >= 11 is 0. The monoisotopic (exact) mass is 252 g/mol. The second-order valence-electron chi connectivity index (χ2n) is 4.72. The second-order valence-corrected chi connectivity index (χ2v) is 4.72. The van der Waals surface area contributed by atoms with Crippen LogP contribution in [-0.2, 0) is 4.74 Å². The third-order valence-electron chi connectivity index (χ3n) is 1.84. The van der Waals surface area contributed by atoms with Gasteiger partial charge in [-0.05, 0) is 45.4 Å². The van der Waals surface area contributed by atoms with Crippen LogP contribution in [0.4, 0.5) is 16.2 Å². The topological polar surface area (TPSA) is 64.3 Å². The highest BCUT2D eigenvalue weighted by Gasteiger charge is 2.16. The number of carbonyl (C=O) groups is 1. The summed E-state index contributed by atoms with van der Waals surface area (Å²) in [6, 6.07) is 5.43. The first-order chi connectivity index (χ1) is 8.28. The molecule has 1 amide bonds. The number of rotatable bonds is 1. The standard InChI is InChI=1S/C12H18N2O2.C2H6/c1-8-5-6-10(9(13)7-8)14-11(15)16-12(2,3)4;1-2/h5-7H,13H2,1-4H3,(H,14,15);1-2H3. The third-order valence-corrected chi connectivity index (χ3v) is 1.84. The van der Waals surface area contributed by atoms with E-state index in [9.17, 15) is 4.79 Å². The zero-order valence-corrected chi connectivity index (χ0v) is 12.1. The van der Waals surface area contributed by atoms with Gasteiger partial charge in [-0.15, -0.1) is 0 Å². The molecule has 0 atom stereocenters. The summed E-state index contributed by atoms with van der Waals surface area (Å²) in [6.07, 6.45) is -0.497. The van der Waals surface area contributed by atoms with Crippen LogP contribution in [0.5, 0.6) is 0 Å². The molecule has 0 aliphatic rings. The van der Waals surface area contributed by atoms with Crippen LogP contribution in [-0.4, -0.2) is 11.7 Å². The van der Waals surface area contributed by atoms with Crippen LogP contribution in [0.2, 0.25) is 0 Å². The molecule has 0 bridgehead atoms. The molecule has 4 heteroatoms. The molecule has 0 aromatic heterocycles. The molecule has 0 aliphatic carbocycles. The smallest absolute Gasteiger partial charge is 0.412 e. The molecule has 0 heterocycles. The van der Waals surface area contributed by atoms with Crippen molar-refractivity contribution in [3.05, 3.63) is 23.8 Å². The van der Waals surface area contributed by atoms with Crippen molar-refractivity contribution in [1.29, 1.82) is 0 Å². The average Bonchev–Trinajstić information content (AvgIpc) is 2.22. The predicted octanol–water partition coefficient (Wildman–Crippen LogP) is 3.95. The zero-order valence-electron chi connectivity index (χ0n) is 12.1. The number of aryl methyl sites for hydroxylation is 1. The van der Waals surface area contributed by atoms with Gasteiger partial charge in [0, 0.05) is 0 Å². The Morgan fingerprint density at radius 3 is 2.28 bits per heavy atom. The van der Waals surface area contributed by atoms with E-state index in [0.717, 1.165) is 5.56 Å². The summed E-state index contributed by atoms with van der Waals surface area (Å²) in [5.41, 5.74) is 7.40. The van der Waals surface area contributed by atoms with E-state index in [4.69, 9.17) is 10.5 Å². The largest absolute Gasteiger partial charge is 0.444 e. The van der Waals surface area contributed by atoms with E-state index in [0.29, 0.717) is 11.4 Å². The van der Waals surface area contributed by atoms with Crippen molar-refractivity contribution in [1.82, 2.24) is 0 Å². The van der Waals surface area contributed by atoms with Crippen molar-refractivity contribution in [2.75, 3.05) is 11.1 Å². The fourth-order valence-corrected chi connectivity index (χ4v) is 1.21. The molecule has 1 aromatic rings. The Labute approximate surface area is 110 Å². The van der Waals surface area contributed by atoms with Gasteiger partial charge in [0.25, 0.3) is 0 Å². The van der Waals surface area contributed by atoms with E-state index in [1.165, 1.54) is 0 Å². The van der Waals surface area contributed by atoms with Crippen molar-refractivity contribution < 1.29 is 9.53 Å². The zero-order chi connectivity index (χ0) is 14.3. The summed E-state index contributed by atoms with van der Waals surface area (Å²) in [7, 11) is 0. The highest BCUT2D eigenvalue weighted by atomic mass is 16.6. The molecule has 1 rings (SSSR count). The summed E-state index contributed by atoms with van der Waals surface area (Å²) in [6.45, 7) is 11.4. The molecule has 0 fully saturated rings. The quantitative estimate of drug-likeness (QED) is 0.744. The number of ether oxygens (including phenoxy) is 1. The van der Waals surface area contributed by atoms with E-state index in [2.05, 4.69) is 5.32 Å². The van der Waals surface area contributed by atoms with Crippen LogP contribution in [0, 0.1) is 6.92 Å². The number of carbonyl (C=O) groups excluding carboxylic acids is 1. The van der Waals surface area contributed by atoms with Crippen molar-refractivity contribution in [3.63, 3.8) is 0 Å². The Morgan fingerprint density at radius 1 is 1.28 bits per heavy atom. The summed E-state index contributed by atoms with van der Waals surface area (Å²) < 4.78 is 5.12. The van der Waals surface area contributed by atoms with Gasteiger partial charge in [0.1, 0.15) is 5.60 Å². The van der Waals surface area contributed by atoms with E-state index in [1.54, 1.807) is 12.1 Å². The second kappa shape index (κ2) is 6.89. The number of nitrogen functional groups attached to an aromatic ring is 1. The SMILES string of the molecule is CC.Cc1ccc(NC(=O)OC(C)(C)C)c(N)c1. The minimum atomic E-state index is -0.510. The molecule has 0 aliphatic heterocycles. The van der Waals surface area contributed by atoms with Crippen molar-refractivity contribution in [2.24, 2.45) is 0 Å². The minimum absolute atomic E-state index is 0.497. The number of benzene rings is 1. The lowest BCUT2D eigenvalue weighted by Crippen LogP contribution is -2.27. The molecule has 1 aromatic carbocycles. The molecule has 0 unspecified atom stereocenters. The molecule has 4 nitrogen and oxygen atoms in total. The van der Waals surface area contributed by atoms with Crippen LogP contribution in [0.1, 0.15) is 40.2 Å². The van der Waals surface area contributed by atoms with Gasteiger partial charge in [-0.25, -0.2) is 4.79 Å². The first-order valence-corrected chi connectivity index (χ1v) is 6.14.